The molecule has 0 unspecified atom stereocenters. The number of carbonyl (C=O) groups excluding carboxylic acids is 1. The molecule has 9 heteroatoms. The number of nitrogens with zero attached hydrogens (tertiary/aromatic N) is 6. The summed E-state index contributed by atoms with van der Waals surface area (Å²) >= 11 is 2.97. The fourth-order valence-corrected chi connectivity index (χ4v) is 4.78. The summed E-state index contributed by atoms with van der Waals surface area (Å²) in [4.78, 5) is 23.1. The summed E-state index contributed by atoms with van der Waals surface area (Å²) in [5.41, 5.74) is 0. The average molecular weight is 393 g/mol. The van der Waals surface area contributed by atoms with Crippen molar-refractivity contribution in [2.45, 2.75) is 61.3 Å². The number of rotatable bonds is 6. The minimum atomic E-state index is 0.186. The third-order valence-corrected chi connectivity index (χ3v) is 6.48. The van der Waals surface area contributed by atoms with Crippen molar-refractivity contribution in [3.63, 3.8) is 0 Å². The van der Waals surface area contributed by atoms with Crippen LogP contribution >= 0.6 is 23.5 Å². The Balaban J connectivity index is 1.55. The molecule has 0 aliphatic carbocycles. The molecule has 1 aliphatic rings. The molecule has 140 valence electrons. The molecule has 1 aliphatic heterocycles. The number of amides is 1. The second-order valence-electron chi connectivity index (χ2n) is 6.50. The molecule has 26 heavy (non-hydrogen) atoms. The van der Waals surface area contributed by atoms with Gasteiger partial charge in [0.05, 0.1) is 11.5 Å². The standard InChI is InChI=1S/C17H24N6OS2/c1-12-6-4-7-13(2)23(12)15(24)11-26-17-21-20-14(22(17)3)10-25-16-18-8-5-9-19-16/h5,8-9,12-13H,4,6-7,10-11H2,1-3H3/t12-,13-/m1/s1. The number of aromatic nitrogens is 5. The molecular formula is C17H24N6OS2. The summed E-state index contributed by atoms with van der Waals surface area (Å²) in [6.45, 7) is 4.28. The van der Waals surface area contributed by atoms with Crippen LogP contribution in [0.1, 0.15) is 38.9 Å². The van der Waals surface area contributed by atoms with Crippen LogP contribution in [0.5, 0.6) is 0 Å². The van der Waals surface area contributed by atoms with E-state index >= 15 is 0 Å². The van der Waals surface area contributed by atoms with E-state index in [1.807, 2.05) is 16.5 Å². The molecule has 0 N–H and O–H groups in total. The van der Waals surface area contributed by atoms with Gasteiger partial charge in [0.2, 0.25) is 5.91 Å². The molecular weight excluding hydrogens is 368 g/mol. The topological polar surface area (TPSA) is 76.8 Å². The minimum absolute atomic E-state index is 0.186. The lowest BCUT2D eigenvalue weighted by Gasteiger charge is -2.39. The second-order valence-corrected chi connectivity index (χ2v) is 8.38. The van der Waals surface area contributed by atoms with Gasteiger partial charge in [-0.25, -0.2) is 9.97 Å². The van der Waals surface area contributed by atoms with E-state index in [0.29, 0.717) is 28.7 Å². The van der Waals surface area contributed by atoms with Crippen molar-refractivity contribution in [1.82, 2.24) is 29.6 Å². The van der Waals surface area contributed by atoms with Gasteiger partial charge in [-0.15, -0.1) is 10.2 Å². The Morgan fingerprint density at radius 1 is 1.15 bits per heavy atom. The SMILES string of the molecule is C[C@@H]1CCC[C@@H](C)N1C(=O)CSc1nnc(CSc2ncccn2)n1C. The number of thioether (sulfide) groups is 2. The highest BCUT2D eigenvalue weighted by Crippen LogP contribution is 2.25. The molecule has 1 fully saturated rings. The minimum Gasteiger partial charge on any atom is -0.337 e. The van der Waals surface area contributed by atoms with Crippen LogP contribution in [0, 0.1) is 0 Å². The Labute approximate surface area is 162 Å². The zero-order valence-corrected chi connectivity index (χ0v) is 17.0. The summed E-state index contributed by atoms with van der Waals surface area (Å²) < 4.78 is 1.94. The van der Waals surface area contributed by atoms with E-state index in [0.717, 1.165) is 23.8 Å². The van der Waals surface area contributed by atoms with Gasteiger partial charge in [-0.05, 0) is 39.2 Å². The van der Waals surface area contributed by atoms with Gasteiger partial charge in [0.25, 0.3) is 0 Å². The van der Waals surface area contributed by atoms with Gasteiger partial charge in [0, 0.05) is 31.5 Å². The quantitative estimate of drug-likeness (QED) is 0.552. The van der Waals surface area contributed by atoms with Gasteiger partial charge >= 0.3 is 0 Å². The third-order valence-electron chi connectivity index (χ3n) is 4.60. The van der Waals surface area contributed by atoms with Crippen molar-refractivity contribution in [1.29, 1.82) is 0 Å². The molecule has 3 heterocycles. The Hall–Kier alpha value is -1.61. The fraction of sp³-hybridized carbons (Fsp3) is 0.588. The zero-order chi connectivity index (χ0) is 18.5. The van der Waals surface area contributed by atoms with E-state index in [2.05, 4.69) is 34.0 Å². The van der Waals surface area contributed by atoms with Crippen LogP contribution in [-0.4, -0.2) is 53.4 Å². The Kier molecular flexibility index (Phi) is 6.53. The highest BCUT2D eigenvalue weighted by atomic mass is 32.2. The van der Waals surface area contributed by atoms with Crippen molar-refractivity contribution in [2.24, 2.45) is 7.05 Å². The normalized spacial score (nSPS) is 20.3. The van der Waals surface area contributed by atoms with Crippen molar-refractivity contribution < 1.29 is 4.79 Å². The molecule has 0 radical (unpaired) electrons. The summed E-state index contributed by atoms with van der Waals surface area (Å²) in [7, 11) is 1.93. The first kappa shape index (κ1) is 19.2. The van der Waals surface area contributed by atoms with E-state index in [-0.39, 0.29) is 5.91 Å². The average Bonchev–Trinajstić information content (AvgIpc) is 2.99. The molecule has 2 aromatic rings. The summed E-state index contributed by atoms with van der Waals surface area (Å²) in [6.07, 6.45) is 6.83. The van der Waals surface area contributed by atoms with Crippen LogP contribution in [0.4, 0.5) is 0 Å². The Bertz CT molecular complexity index is 728. The van der Waals surface area contributed by atoms with Crippen molar-refractivity contribution in [2.75, 3.05) is 5.75 Å². The highest BCUT2D eigenvalue weighted by molar-refractivity contribution is 7.99. The lowest BCUT2D eigenvalue weighted by atomic mass is 9.98. The van der Waals surface area contributed by atoms with Crippen LogP contribution in [0.3, 0.4) is 0 Å². The fourth-order valence-electron chi connectivity index (χ4n) is 3.20. The number of hydrogen-bond acceptors (Lipinski definition) is 7. The maximum absolute atomic E-state index is 12.6. The number of carbonyl (C=O) groups is 1. The summed E-state index contributed by atoms with van der Waals surface area (Å²) in [5.74, 6) is 2.07. The number of likely N-dealkylation sites (tertiary alicyclic amines) is 1. The largest absolute Gasteiger partial charge is 0.337 e. The van der Waals surface area contributed by atoms with Crippen LogP contribution < -0.4 is 0 Å². The molecule has 0 aromatic carbocycles. The van der Waals surface area contributed by atoms with Crippen LogP contribution in [-0.2, 0) is 17.6 Å². The molecule has 3 rings (SSSR count). The smallest absolute Gasteiger partial charge is 0.233 e. The lowest BCUT2D eigenvalue weighted by Crippen LogP contribution is -2.48. The molecule has 0 saturated carbocycles. The molecule has 0 spiro atoms. The molecule has 7 nitrogen and oxygen atoms in total. The molecule has 1 saturated heterocycles. The highest BCUT2D eigenvalue weighted by Gasteiger charge is 2.29. The van der Waals surface area contributed by atoms with Crippen LogP contribution in [0.15, 0.2) is 28.8 Å². The van der Waals surface area contributed by atoms with Crippen molar-refractivity contribution in [3.05, 3.63) is 24.3 Å². The lowest BCUT2D eigenvalue weighted by molar-refractivity contribution is -0.134. The van der Waals surface area contributed by atoms with E-state index in [1.54, 1.807) is 18.5 Å². The molecule has 2 aromatic heterocycles. The zero-order valence-electron chi connectivity index (χ0n) is 15.3. The molecule has 0 bridgehead atoms. The van der Waals surface area contributed by atoms with E-state index < -0.39 is 0 Å². The summed E-state index contributed by atoms with van der Waals surface area (Å²) in [5, 5.41) is 9.96. The van der Waals surface area contributed by atoms with Crippen molar-refractivity contribution in [3.8, 4) is 0 Å². The maximum Gasteiger partial charge on any atom is 0.233 e. The van der Waals surface area contributed by atoms with Gasteiger partial charge in [-0.3, -0.25) is 4.79 Å². The monoisotopic (exact) mass is 392 g/mol. The third kappa shape index (κ3) is 4.56. The predicted molar refractivity (Wildman–Crippen MR) is 103 cm³/mol. The van der Waals surface area contributed by atoms with Gasteiger partial charge in [-0.2, -0.15) is 0 Å². The first-order valence-corrected chi connectivity index (χ1v) is 10.8. The number of piperidine rings is 1. The first-order valence-electron chi connectivity index (χ1n) is 8.78. The summed E-state index contributed by atoms with van der Waals surface area (Å²) in [6, 6.07) is 2.44. The first-order chi connectivity index (χ1) is 12.6. The van der Waals surface area contributed by atoms with E-state index in [4.69, 9.17) is 0 Å². The second kappa shape index (κ2) is 8.85. The Morgan fingerprint density at radius 3 is 2.54 bits per heavy atom. The van der Waals surface area contributed by atoms with Crippen molar-refractivity contribution >= 4 is 29.4 Å². The molecule has 1 amide bonds. The van der Waals surface area contributed by atoms with E-state index in [9.17, 15) is 4.79 Å². The van der Waals surface area contributed by atoms with Gasteiger partial charge in [0.1, 0.15) is 5.82 Å². The van der Waals surface area contributed by atoms with Gasteiger partial charge in [0.15, 0.2) is 10.3 Å². The van der Waals surface area contributed by atoms with E-state index in [1.165, 1.54) is 29.9 Å². The van der Waals surface area contributed by atoms with Crippen LogP contribution in [0.25, 0.3) is 0 Å². The predicted octanol–water partition coefficient (Wildman–Crippen LogP) is 2.78. The van der Waals surface area contributed by atoms with Gasteiger partial charge < -0.3 is 9.47 Å². The molecule has 2 atom stereocenters. The van der Waals surface area contributed by atoms with Crippen LogP contribution in [0.2, 0.25) is 0 Å². The Morgan fingerprint density at radius 2 is 1.85 bits per heavy atom. The number of hydrogen-bond donors (Lipinski definition) is 0. The van der Waals surface area contributed by atoms with Gasteiger partial charge in [-0.1, -0.05) is 23.5 Å². The maximum atomic E-state index is 12.6.